The van der Waals surface area contributed by atoms with E-state index >= 15 is 0 Å². The Hall–Kier alpha value is -3.29. The molecule has 0 radical (unpaired) electrons. The molecule has 3 aromatic rings. The Bertz CT molecular complexity index is 1220. The van der Waals surface area contributed by atoms with Gasteiger partial charge in [0, 0.05) is 43.4 Å². The largest absolute Gasteiger partial charge is 0.353 e. The lowest BCUT2D eigenvalue weighted by atomic mass is 9.74. The average Bonchev–Trinajstić information content (AvgIpc) is 3.40. The first kappa shape index (κ1) is 24.8. The maximum Gasteiger partial charge on any atom is 0.222 e. The highest BCUT2D eigenvalue weighted by Gasteiger charge is 2.35. The number of likely N-dealkylation sites (tertiary alicyclic amines) is 1. The number of hydrogen-bond acceptors (Lipinski definition) is 2. The number of rotatable bonds is 6. The number of halogens is 3. The van der Waals surface area contributed by atoms with Crippen LogP contribution in [0.5, 0.6) is 0 Å². The van der Waals surface area contributed by atoms with E-state index in [9.17, 15) is 22.8 Å². The molecule has 2 N–H and O–H groups in total. The van der Waals surface area contributed by atoms with Crippen LogP contribution in [-0.2, 0) is 9.59 Å². The minimum Gasteiger partial charge on any atom is -0.353 e. The Morgan fingerprint density at radius 2 is 1.80 bits per heavy atom. The second kappa shape index (κ2) is 10.5. The summed E-state index contributed by atoms with van der Waals surface area (Å²) >= 11 is 0. The van der Waals surface area contributed by atoms with Crippen molar-refractivity contribution in [3.8, 4) is 11.3 Å². The molecule has 5 nitrogen and oxygen atoms in total. The second-order valence-corrected chi connectivity index (χ2v) is 8.90. The summed E-state index contributed by atoms with van der Waals surface area (Å²) in [6.07, 6.45) is 2.92. The van der Waals surface area contributed by atoms with Gasteiger partial charge in [-0.2, -0.15) is 0 Å². The highest BCUT2D eigenvalue weighted by molar-refractivity contribution is 5.92. The minimum absolute atomic E-state index is 0.00883. The fraction of sp³-hybridized carbons (Fsp3) is 0.407. The van der Waals surface area contributed by atoms with Gasteiger partial charge in [-0.1, -0.05) is 13.8 Å². The smallest absolute Gasteiger partial charge is 0.222 e. The van der Waals surface area contributed by atoms with Crippen LogP contribution in [0.4, 0.5) is 13.2 Å². The summed E-state index contributed by atoms with van der Waals surface area (Å²) in [6.45, 7) is 5.13. The van der Waals surface area contributed by atoms with E-state index in [1.807, 2.05) is 13.8 Å². The molecule has 1 aliphatic heterocycles. The van der Waals surface area contributed by atoms with Crippen molar-refractivity contribution in [3.63, 3.8) is 0 Å². The van der Waals surface area contributed by atoms with Crippen molar-refractivity contribution >= 4 is 22.7 Å². The van der Waals surface area contributed by atoms with E-state index in [0.717, 1.165) is 18.1 Å². The van der Waals surface area contributed by atoms with Crippen molar-refractivity contribution in [3.05, 3.63) is 59.4 Å². The van der Waals surface area contributed by atoms with Crippen LogP contribution in [-0.4, -0.2) is 40.8 Å². The van der Waals surface area contributed by atoms with Crippen LogP contribution in [0.1, 0.15) is 57.4 Å². The Kier molecular flexibility index (Phi) is 7.48. The molecule has 0 atom stereocenters. The van der Waals surface area contributed by atoms with E-state index in [4.69, 9.17) is 0 Å². The summed E-state index contributed by atoms with van der Waals surface area (Å²) in [7, 11) is 0. The molecule has 35 heavy (non-hydrogen) atoms. The van der Waals surface area contributed by atoms with Gasteiger partial charge in [-0.05, 0) is 66.6 Å². The number of amides is 2. The highest BCUT2D eigenvalue weighted by atomic mass is 19.1. The first-order valence-corrected chi connectivity index (χ1v) is 12.2. The molecular formula is C27H30F3N3O2. The van der Waals surface area contributed by atoms with Crippen LogP contribution in [0.2, 0.25) is 0 Å². The first-order chi connectivity index (χ1) is 16.9. The quantitative estimate of drug-likeness (QED) is 0.474. The van der Waals surface area contributed by atoms with E-state index in [-0.39, 0.29) is 41.5 Å². The van der Waals surface area contributed by atoms with Gasteiger partial charge in [0.15, 0.2) is 0 Å². The van der Waals surface area contributed by atoms with Crippen LogP contribution in [0, 0.1) is 17.5 Å². The molecule has 1 saturated heterocycles. The normalized spacial score (nSPS) is 19.3. The second-order valence-electron chi connectivity index (χ2n) is 8.90. The molecule has 1 saturated carbocycles. The van der Waals surface area contributed by atoms with Crippen molar-refractivity contribution in [2.45, 2.75) is 57.9 Å². The molecule has 2 amide bonds. The molecule has 8 heteroatoms. The van der Waals surface area contributed by atoms with Gasteiger partial charge < -0.3 is 15.2 Å². The number of aromatic nitrogens is 1. The lowest BCUT2D eigenvalue weighted by Crippen LogP contribution is -2.44. The molecule has 2 aromatic carbocycles. The Labute approximate surface area is 202 Å². The van der Waals surface area contributed by atoms with Crippen molar-refractivity contribution in [2.24, 2.45) is 0 Å². The molecule has 0 spiro atoms. The average molecular weight is 486 g/mol. The van der Waals surface area contributed by atoms with Crippen LogP contribution < -0.4 is 5.32 Å². The van der Waals surface area contributed by atoms with Gasteiger partial charge in [0.1, 0.15) is 17.5 Å². The molecule has 1 aliphatic carbocycles. The summed E-state index contributed by atoms with van der Waals surface area (Å²) in [4.78, 5) is 28.8. The van der Waals surface area contributed by atoms with E-state index < -0.39 is 11.6 Å². The molecule has 186 valence electrons. The molecule has 2 fully saturated rings. The molecule has 5 rings (SSSR count). The van der Waals surface area contributed by atoms with Crippen molar-refractivity contribution in [1.82, 2.24) is 15.2 Å². The Balaban J connectivity index is 0.00000141. The third kappa shape index (κ3) is 5.21. The summed E-state index contributed by atoms with van der Waals surface area (Å²) < 4.78 is 41.9. The zero-order valence-corrected chi connectivity index (χ0v) is 20.0. The van der Waals surface area contributed by atoms with E-state index in [1.165, 1.54) is 18.2 Å². The predicted molar refractivity (Wildman–Crippen MR) is 129 cm³/mol. The SMILES string of the molecule is CC.O=C(CCN1CCCC1=O)NC1CC(c2c(-c3ccc(F)cc3)[nH]c3c(F)cc(F)cc23)C1. The summed E-state index contributed by atoms with van der Waals surface area (Å²) in [6, 6.07) is 7.99. The van der Waals surface area contributed by atoms with E-state index in [0.29, 0.717) is 49.0 Å². The van der Waals surface area contributed by atoms with Gasteiger partial charge in [0.05, 0.1) is 11.2 Å². The Morgan fingerprint density at radius 3 is 2.46 bits per heavy atom. The number of nitrogens with one attached hydrogen (secondary N) is 2. The standard InChI is InChI=1S/C25H24F3N3O2.C2H6/c26-16-5-3-14(4-6-16)24-23(19-12-17(27)13-20(28)25(19)30-24)15-10-18(11-15)29-21(32)7-9-31-8-1-2-22(31)33;1-2/h3-6,12-13,15,18,30H,1-2,7-11H2,(H,29,32);1-2H3. The number of nitrogens with zero attached hydrogens (tertiary/aromatic N) is 1. The molecule has 1 aromatic heterocycles. The molecule has 2 aliphatic rings. The van der Waals surface area contributed by atoms with Gasteiger partial charge in [-0.25, -0.2) is 13.2 Å². The fourth-order valence-electron chi connectivity index (χ4n) is 4.96. The predicted octanol–water partition coefficient (Wildman–Crippen LogP) is 5.65. The third-order valence-corrected chi connectivity index (χ3v) is 6.69. The van der Waals surface area contributed by atoms with Gasteiger partial charge >= 0.3 is 0 Å². The molecule has 2 heterocycles. The summed E-state index contributed by atoms with van der Waals surface area (Å²) in [5.74, 6) is -1.74. The number of aromatic amines is 1. The minimum atomic E-state index is -0.680. The lowest BCUT2D eigenvalue weighted by Gasteiger charge is -2.36. The maximum atomic E-state index is 14.5. The lowest BCUT2D eigenvalue weighted by molar-refractivity contribution is -0.128. The number of hydrogen-bond donors (Lipinski definition) is 2. The number of fused-ring (bicyclic) bond motifs is 1. The van der Waals surface area contributed by atoms with Crippen molar-refractivity contribution < 1.29 is 22.8 Å². The number of H-pyrrole nitrogens is 1. The third-order valence-electron chi connectivity index (χ3n) is 6.69. The number of carbonyl (C=O) groups is 2. The molecule has 0 bridgehead atoms. The van der Waals surface area contributed by atoms with Crippen molar-refractivity contribution in [1.29, 1.82) is 0 Å². The Morgan fingerprint density at radius 1 is 1.09 bits per heavy atom. The highest BCUT2D eigenvalue weighted by Crippen LogP contribution is 2.45. The first-order valence-electron chi connectivity index (χ1n) is 12.2. The van der Waals surface area contributed by atoms with E-state index in [2.05, 4.69) is 10.3 Å². The number of benzene rings is 2. The topological polar surface area (TPSA) is 65.2 Å². The molecular weight excluding hydrogens is 455 g/mol. The van der Waals surface area contributed by atoms with Crippen LogP contribution in [0.15, 0.2) is 36.4 Å². The monoisotopic (exact) mass is 485 g/mol. The number of carbonyl (C=O) groups excluding carboxylic acids is 2. The van der Waals surface area contributed by atoms with Crippen molar-refractivity contribution in [2.75, 3.05) is 13.1 Å². The van der Waals surface area contributed by atoms with Gasteiger partial charge in [0.25, 0.3) is 0 Å². The zero-order valence-electron chi connectivity index (χ0n) is 20.0. The zero-order chi connectivity index (χ0) is 25.1. The fourth-order valence-corrected chi connectivity index (χ4v) is 4.96. The maximum absolute atomic E-state index is 14.5. The van der Waals surface area contributed by atoms with Crippen LogP contribution in [0.25, 0.3) is 22.2 Å². The summed E-state index contributed by atoms with van der Waals surface area (Å²) in [5.41, 5.74) is 2.32. The molecule has 0 unspecified atom stereocenters. The van der Waals surface area contributed by atoms with Crippen LogP contribution >= 0.6 is 0 Å². The van der Waals surface area contributed by atoms with Gasteiger partial charge in [-0.15, -0.1) is 0 Å². The van der Waals surface area contributed by atoms with Gasteiger partial charge in [0.2, 0.25) is 11.8 Å². The van der Waals surface area contributed by atoms with Gasteiger partial charge in [-0.3, -0.25) is 9.59 Å². The van der Waals surface area contributed by atoms with Crippen LogP contribution in [0.3, 0.4) is 0 Å². The van der Waals surface area contributed by atoms with E-state index in [1.54, 1.807) is 17.0 Å². The summed E-state index contributed by atoms with van der Waals surface area (Å²) in [5, 5.41) is 3.47.